The van der Waals surface area contributed by atoms with E-state index in [1.165, 1.54) is 4.90 Å². The van der Waals surface area contributed by atoms with Gasteiger partial charge in [-0.2, -0.15) is 0 Å². The average molecular weight is 187 g/mol. The van der Waals surface area contributed by atoms with Gasteiger partial charge in [-0.15, -0.1) is 0 Å². The van der Waals surface area contributed by atoms with Crippen LogP contribution < -0.4 is 0 Å². The molecule has 2 atom stereocenters. The molecule has 0 aromatic rings. The van der Waals surface area contributed by atoms with Crippen molar-refractivity contribution < 1.29 is 20.1 Å². The Morgan fingerprint density at radius 1 is 1.46 bits per heavy atom. The molecule has 3 aliphatic rings. The number of hydrogen-bond donors (Lipinski definition) is 3. The molecule has 2 saturated heterocycles. The summed E-state index contributed by atoms with van der Waals surface area (Å²) >= 11 is 0. The molecule has 1 aliphatic carbocycles. The van der Waals surface area contributed by atoms with Gasteiger partial charge in [0.2, 0.25) is 0 Å². The van der Waals surface area contributed by atoms with E-state index in [1.807, 2.05) is 0 Å². The van der Waals surface area contributed by atoms with Gasteiger partial charge in [0.1, 0.15) is 0 Å². The van der Waals surface area contributed by atoms with Crippen LogP contribution in [0.2, 0.25) is 0 Å². The fraction of sp³-hybridized carbons (Fsp3) is 0.875. The van der Waals surface area contributed by atoms with Crippen molar-refractivity contribution in [2.24, 2.45) is 5.92 Å². The van der Waals surface area contributed by atoms with E-state index < -0.39 is 18.2 Å². The van der Waals surface area contributed by atoms with E-state index in [-0.39, 0.29) is 18.6 Å². The van der Waals surface area contributed by atoms with Gasteiger partial charge in [0.25, 0.3) is 0 Å². The highest BCUT2D eigenvalue weighted by molar-refractivity contribution is 5.66. The number of hydrogen-bond acceptors (Lipinski definition) is 3. The highest BCUT2D eigenvalue weighted by atomic mass is 16.4. The van der Waals surface area contributed by atoms with Crippen LogP contribution in [0.3, 0.4) is 0 Å². The van der Waals surface area contributed by atoms with Gasteiger partial charge >= 0.3 is 6.09 Å². The SMILES string of the molecule is O=C(O)N1C2CC(C2)C(O)C1CO. The minimum absolute atomic E-state index is 0.0167. The lowest BCUT2D eigenvalue weighted by molar-refractivity contribution is -0.122. The molecule has 13 heavy (non-hydrogen) atoms. The van der Waals surface area contributed by atoms with E-state index in [1.54, 1.807) is 0 Å². The van der Waals surface area contributed by atoms with E-state index in [4.69, 9.17) is 10.2 Å². The maximum Gasteiger partial charge on any atom is 0.407 e. The summed E-state index contributed by atoms with van der Waals surface area (Å²) in [4.78, 5) is 12.0. The third-order valence-corrected chi connectivity index (χ3v) is 3.19. The van der Waals surface area contributed by atoms with Crippen LogP contribution in [-0.2, 0) is 0 Å². The number of carbonyl (C=O) groups is 1. The third kappa shape index (κ3) is 1.11. The Balaban J connectivity index is 2.17. The van der Waals surface area contributed by atoms with Gasteiger partial charge in [-0.25, -0.2) is 4.79 Å². The van der Waals surface area contributed by atoms with Crippen molar-refractivity contribution in [3.05, 3.63) is 0 Å². The highest BCUT2D eigenvalue weighted by Crippen LogP contribution is 2.42. The predicted octanol–water partition coefficient (Wildman–Crippen LogP) is -0.520. The molecule has 74 valence electrons. The van der Waals surface area contributed by atoms with Crippen molar-refractivity contribution >= 4 is 6.09 Å². The maximum absolute atomic E-state index is 10.8. The Hall–Kier alpha value is -0.810. The summed E-state index contributed by atoms with van der Waals surface area (Å²) in [7, 11) is 0. The minimum atomic E-state index is -1.04. The molecule has 0 spiro atoms. The molecule has 0 aromatic heterocycles. The van der Waals surface area contributed by atoms with Crippen LogP contribution in [0.1, 0.15) is 12.8 Å². The fourth-order valence-electron chi connectivity index (χ4n) is 2.38. The Bertz CT molecular complexity index is 226. The molecule has 0 aromatic carbocycles. The van der Waals surface area contributed by atoms with Gasteiger partial charge in [0.15, 0.2) is 0 Å². The summed E-state index contributed by atoms with van der Waals surface area (Å²) in [6.45, 7) is -0.291. The second kappa shape index (κ2) is 2.85. The molecule has 2 aliphatic heterocycles. The molecule has 3 N–H and O–H groups in total. The van der Waals surface area contributed by atoms with Crippen molar-refractivity contribution in [2.45, 2.75) is 31.0 Å². The summed E-state index contributed by atoms with van der Waals surface area (Å²) in [5.74, 6) is 0.192. The first-order valence-electron chi connectivity index (χ1n) is 4.45. The first-order chi connectivity index (χ1) is 6.15. The van der Waals surface area contributed by atoms with Crippen molar-refractivity contribution in [1.29, 1.82) is 0 Å². The number of aliphatic hydroxyl groups excluding tert-OH is 2. The van der Waals surface area contributed by atoms with Gasteiger partial charge < -0.3 is 15.3 Å². The van der Waals surface area contributed by atoms with E-state index in [9.17, 15) is 9.90 Å². The molecular formula is C8H13NO4. The number of fused-ring (bicyclic) bond motifs is 2. The van der Waals surface area contributed by atoms with Crippen LogP contribution in [0, 0.1) is 5.92 Å². The van der Waals surface area contributed by atoms with Crippen molar-refractivity contribution in [3.63, 3.8) is 0 Å². The lowest BCUT2D eigenvalue weighted by Gasteiger charge is -2.54. The topological polar surface area (TPSA) is 81.0 Å². The van der Waals surface area contributed by atoms with Crippen LogP contribution in [0.15, 0.2) is 0 Å². The van der Waals surface area contributed by atoms with Crippen molar-refractivity contribution in [2.75, 3.05) is 6.61 Å². The standard InChI is InChI=1S/C8H13NO4/c10-3-6-7(11)4-1-5(2-4)9(6)8(12)13/h4-7,10-11H,1-3H2,(H,12,13). The Morgan fingerprint density at radius 3 is 2.46 bits per heavy atom. The zero-order valence-electron chi connectivity index (χ0n) is 7.13. The second-order valence-corrected chi connectivity index (χ2v) is 3.82. The molecule has 3 fully saturated rings. The summed E-state index contributed by atoms with van der Waals surface area (Å²) in [5, 5.41) is 27.4. The van der Waals surface area contributed by atoms with Gasteiger partial charge in [-0.3, -0.25) is 4.90 Å². The zero-order valence-corrected chi connectivity index (χ0v) is 7.13. The van der Waals surface area contributed by atoms with E-state index >= 15 is 0 Å². The Kier molecular flexibility index (Phi) is 1.92. The molecule has 2 unspecified atom stereocenters. The van der Waals surface area contributed by atoms with Gasteiger partial charge in [-0.1, -0.05) is 0 Å². The molecule has 5 heteroatoms. The fourth-order valence-corrected chi connectivity index (χ4v) is 2.38. The van der Waals surface area contributed by atoms with Crippen LogP contribution in [0.25, 0.3) is 0 Å². The number of aliphatic hydroxyl groups is 2. The monoisotopic (exact) mass is 187 g/mol. The molecule has 1 saturated carbocycles. The first kappa shape index (κ1) is 8.77. The predicted molar refractivity (Wildman–Crippen MR) is 43.3 cm³/mol. The second-order valence-electron chi connectivity index (χ2n) is 3.82. The molecule has 3 rings (SSSR count). The Morgan fingerprint density at radius 2 is 2.08 bits per heavy atom. The highest BCUT2D eigenvalue weighted by Gasteiger charge is 2.51. The van der Waals surface area contributed by atoms with Crippen molar-refractivity contribution in [1.82, 2.24) is 4.90 Å². The van der Waals surface area contributed by atoms with E-state index in [0.717, 1.165) is 12.8 Å². The van der Waals surface area contributed by atoms with Crippen LogP contribution >= 0.6 is 0 Å². The summed E-state index contributed by atoms with van der Waals surface area (Å²) in [5.41, 5.74) is 0. The largest absolute Gasteiger partial charge is 0.465 e. The number of amides is 1. The van der Waals surface area contributed by atoms with Crippen LogP contribution in [0.5, 0.6) is 0 Å². The smallest absolute Gasteiger partial charge is 0.407 e. The summed E-state index contributed by atoms with van der Waals surface area (Å²) in [6, 6.07) is -0.599. The molecule has 1 amide bonds. The molecule has 5 nitrogen and oxygen atoms in total. The Labute approximate surface area is 75.6 Å². The molecular weight excluding hydrogens is 174 g/mol. The van der Waals surface area contributed by atoms with Crippen LogP contribution in [-0.4, -0.2) is 51.1 Å². The van der Waals surface area contributed by atoms with Gasteiger partial charge in [-0.05, 0) is 18.8 Å². The van der Waals surface area contributed by atoms with Crippen molar-refractivity contribution in [3.8, 4) is 0 Å². The third-order valence-electron chi connectivity index (χ3n) is 3.19. The number of nitrogens with zero attached hydrogens (tertiary/aromatic N) is 1. The first-order valence-corrected chi connectivity index (χ1v) is 4.45. The number of rotatable bonds is 1. The van der Waals surface area contributed by atoms with Gasteiger partial charge in [0, 0.05) is 6.04 Å². The molecule has 2 bridgehead atoms. The quantitative estimate of drug-likeness (QED) is 0.516. The number of carboxylic acid groups (broad SMARTS) is 1. The van der Waals surface area contributed by atoms with Gasteiger partial charge in [0.05, 0.1) is 18.8 Å². The maximum atomic E-state index is 10.8. The number of piperidine rings is 2. The lowest BCUT2D eigenvalue weighted by atomic mass is 9.69. The van der Waals surface area contributed by atoms with E-state index in [0.29, 0.717) is 0 Å². The molecule has 0 radical (unpaired) electrons. The molecule has 2 heterocycles. The normalized spacial score (nSPS) is 42.8. The van der Waals surface area contributed by atoms with Crippen LogP contribution in [0.4, 0.5) is 4.79 Å². The average Bonchev–Trinajstić information content (AvgIpc) is 2.00. The summed E-state index contributed by atoms with van der Waals surface area (Å²) in [6.07, 6.45) is -0.249. The van der Waals surface area contributed by atoms with E-state index in [2.05, 4.69) is 0 Å². The summed E-state index contributed by atoms with van der Waals surface area (Å²) < 4.78 is 0. The zero-order chi connectivity index (χ0) is 9.59. The minimum Gasteiger partial charge on any atom is -0.465 e. The lowest BCUT2D eigenvalue weighted by Crippen LogP contribution is -2.66.